The first-order chi connectivity index (χ1) is 8.29. The van der Waals surface area contributed by atoms with Crippen molar-refractivity contribution in [1.82, 2.24) is 5.32 Å². The maximum Gasteiger partial charge on any atom is 0.225 e. The van der Waals surface area contributed by atoms with Gasteiger partial charge in [0.1, 0.15) is 12.4 Å². The Kier molecular flexibility index (Phi) is 4.76. The number of ether oxygens (including phenoxy) is 1. The SMILES string of the molecule is Cc1cc(C)cc(OCCNC(=O)C(C)(C)C)c1. The van der Waals surface area contributed by atoms with Crippen molar-refractivity contribution in [2.75, 3.05) is 13.2 Å². The van der Waals surface area contributed by atoms with E-state index in [1.165, 1.54) is 11.1 Å². The minimum Gasteiger partial charge on any atom is -0.492 e. The van der Waals surface area contributed by atoms with E-state index in [0.29, 0.717) is 13.2 Å². The van der Waals surface area contributed by atoms with Crippen LogP contribution >= 0.6 is 0 Å². The summed E-state index contributed by atoms with van der Waals surface area (Å²) in [7, 11) is 0. The fraction of sp³-hybridized carbons (Fsp3) is 0.533. The van der Waals surface area contributed by atoms with Crippen molar-refractivity contribution in [3.8, 4) is 5.75 Å². The van der Waals surface area contributed by atoms with Gasteiger partial charge in [0.05, 0.1) is 6.54 Å². The third kappa shape index (κ3) is 4.78. The molecule has 0 bridgehead atoms. The molecule has 3 heteroatoms. The van der Waals surface area contributed by atoms with Crippen molar-refractivity contribution in [1.29, 1.82) is 0 Å². The van der Waals surface area contributed by atoms with E-state index in [9.17, 15) is 4.79 Å². The lowest BCUT2D eigenvalue weighted by atomic mass is 9.96. The lowest BCUT2D eigenvalue weighted by molar-refractivity contribution is -0.128. The Balaban J connectivity index is 2.36. The van der Waals surface area contributed by atoms with E-state index in [1.54, 1.807) is 0 Å². The minimum atomic E-state index is -0.347. The standard InChI is InChI=1S/C15H23NO2/c1-11-8-12(2)10-13(9-11)18-7-6-16-14(17)15(3,4)5/h8-10H,6-7H2,1-5H3,(H,16,17). The van der Waals surface area contributed by atoms with Crippen LogP contribution in [-0.2, 0) is 4.79 Å². The molecule has 1 N–H and O–H groups in total. The van der Waals surface area contributed by atoms with Crippen molar-refractivity contribution in [3.05, 3.63) is 29.3 Å². The number of benzene rings is 1. The third-order valence-corrected chi connectivity index (χ3v) is 2.53. The van der Waals surface area contributed by atoms with Crippen LogP contribution in [0.1, 0.15) is 31.9 Å². The van der Waals surface area contributed by atoms with Crippen LogP contribution in [0.3, 0.4) is 0 Å². The number of carbonyl (C=O) groups is 1. The molecule has 1 amide bonds. The zero-order valence-electron chi connectivity index (χ0n) is 12.0. The van der Waals surface area contributed by atoms with Crippen LogP contribution in [0, 0.1) is 19.3 Å². The van der Waals surface area contributed by atoms with Gasteiger partial charge in [0, 0.05) is 5.41 Å². The first-order valence-corrected chi connectivity index (χ1v) is 6.28. The number of hydrogen-bond donors (Lipinski definition) is 1. The number of hydrogen-bond acceptors (Lipinski definition) is 2. The molecule has 0 heterocycles. The number of carbonyl (C=O) groups excluding carboxylic acids is 1. The van der Waals surface area contributed by atoms with E-state index in [1.807, 2.05) is 46.8 Å². The molecule has 100 valence electrons. The van der Waals surface area contributed by atoms with Gasteiger partial charge in [-0.1, -0.05) is 26.8 Å². The fourth-order valence-corrected chi connectivity index (χ4v) is 1.61. The summed E-state index contributed by atoms with van der Waals surface area (Å²) in [4.78, 5) is 11.6. The van der Waals surface area contributed by atoms with E-state index in [-0.39, 0.29) is 11.3 Å². The second-order valence-corrected chi connectivity index (χ2v) is 5.68. The van der Waals surface area contributed by atoms with E-state index in [4.69, 9.17) is 4.74 Å². The van der Waals surface area contributed by atoms with Crippen LogP contribution in [0.5, 0.6) is 5.75 Å². The fourth-order valence-electron chi connectivity index (χ4n) is 1.61. The highest BCUT2D eigenvalue weighted by Crippen LogP contribution is 2.16. The molecule has 0 radical (unpaired) electrons. The maximum absolute atomic E-state index is 11.6. The summed E-state index contributed by atoms with van der Waals surface area (Å²) in [6, 6.07) is 6.10. The van der Waals surface area contributed by atoms with Gasteiger partial charge in [-0.05, 0) is 37.1 Å². The predicted molar refractivity (Wildman–Crippen MR) is 73.9 cm³/mol. The van der Waals surface area contributed by atoms with Crippen molar-refractivity contribution in [3.63, 3.8) is 0 Å². The summed E-state index contributed by atoms with van der Waals surface area (Å²) >= 11 is 0. The number of amides is 1. The molecule has 1 rings (SSSR count). The number of rotatable bonds is 4. The molecule has 1 aromatic carbocycles. The zero-order chi connectivity index (χ0) is 13.8. The molecule has 0 spiro atoms. The Morgan fingerprint density at radius 1 is 1.17 bits per heavy atom. The summed E-state index contributed by atoms with van der Waals surface area (Å²) in [5, 5.41) is 2.86. The summed E-state index contributed by atoms with van der Waals surface area (Å²) in [5.41, 5.74) is 2.02. The van der Waals surface area contributed by atoms with Crippen LogP contribution in [0.25, 0.3) is 0 Å². The second kappa shape index (κ2) is 5.89. The van der Waals surface area contributed by atoms with E-state index in [0.717, 1.165) is 5.75 Å². The van der Waals surface area contributed by atoms with E-state index >= 15 is 0 Å². The largest absolute Gasteiger partial charge is 0.492 e. The maximum atomic E-state index is 11.6. The lowest BCUT2D eigenvalue weighted by Gasteiger charge is -2.17. The monoisotopic (exact) mass is 249 g/mol. The molecule has 0 atom stereocenters. The molecule has 0 aliphatic heterocycles. The van der Waals surface area contributed by atoms with Crippen LogP contribution < -0.4 is 10.1 Å². The average Bonchev–Trinajstić information content (AvgIpc) is 2.21. The molecule has 0 fully saturated rings. The zero-order valence-corrected chi connectivity index (χ0v) is 12.0. The molecular formula is C15H23NO2. The van der Waals surface area contributed by atoms with Gasteiger partial charge in [-0.25, -0.2) is 0 Å². The van der Waals surface area contributed by atoms with Gasteiger partial charge in [-0.15, -0.1) is 0 Å². The van der Waals surface area contributed by atoms with Gasteiger partial charge in [0.15, 0.2) is 0 Å². The highest BCUT2D eigenvalue weighted by Gasteiger charge is 2.20. The summed E-state index contributed by atoms with van der Waals surface area (Å²) in [6.45, 7) is 10.8. The summed E-state index contributed by atoms with van der Waals surface area (Å²) < 4.78 is 5.62. The van der Waals surface area contributed by atoms with Crippen molar-refractivity contribution in [2.24, 2.45) is 5.41 Å². The molecule has 3 nitrogen and oxygen atoms in total. The van der Waals surface area contributed by atoms with Gasteiger partial charge in [0.2, 0.25) is 5.91 Å². The molecule has 0 unspecified atom stereocenters. The summed E-state index contributed by atoms with van der Waals surface area (Å²) in [5.74, 6) is 0.907. The minimum absolute atomic E-state index is 0.0477. The van der Waals surface area contributed by atoms with Crippen molar-refractivity contribution in [2.45, 2.75) is 34.6 Å². The molecule has 0 saturated heterocycles. The van der Waals surface area contributed by atoms with Crippen LogP contribution in [0.4, 0.5) is 0 Å². The van der Waals surface area contributed by atoms with E-state index in [2.05, 4.69) is 11.4 Å². The number of aryl methyl sites for hydroxylation is 2. The molecule has 0 saturated carbocycles. The smallest absolute Gasteiger partial charge is 0.225 e. The normalized spacial score (nSPS) is 11.2. The van der Waals surface area contributed by atoms with Gasteiger partial charge in [-0.2, -0.15) is 0 Å². The topological polar surface area (TPSA) is 38.3 Å². The number of nitrogens with one attached hydrogen (secondary N) is 1. The first-order valence-electron chi connectivity index (χ1n) is 6.28. The van der Waals surface area contributed by atoms with E-state index < -0.39 is 0 Å². The summed E-state index contributed by atoms with van der Waals surface area (Å²) in [6.07, 6.45) is 0. The highest BCUT2D eigenvalue weighted by molar-refractivity contribution is 5.81. The third-order valence-electron chi connectivity index (χ3n) is 2.53. The Hall–Kier alpha value is -1.51. The van der Waals surface area contributed by atoms with Gasteiger partial charge in [0.25, 0.3) is 0 Å². The molecule has 1 aromatic rings. The molecule has 18 heavy (non-hydrogen) atoms. The Morgan fingerprint density at radius 3 is 2.22 bits per heavy atom. The first kappa shape index (κ1) is 14.6. The Morgan fingerprint density at radius 2 is 1.72 bits per heavy atom. The second-order valence-electron chi connectivity index (χ2n) is 5.68. The van der Waals surface area contributed by atoms with Gasteiger partial charge in [-0.3, -0.25) is 4.79 Å². The molecule has 0 aliphatic rings. The predicted octanol–water partition coefficient (Wildman–Crippen LogP) is 2.84. The average molecular weight is 249 g/mol. The molecule has 0 aromatic heterocycles. The highest BCUT2D eigenvalue weighted by atomic mass is 16.5. The van der Waals surface area contributed by atoms with Crippen molar-refractivity contribution < 1.29 is 9.53 Å². The van der Waals surface area contributed by atoms with Gasteiger partial charge >= 0.3 is 0 Å². The Bertz CT molecular complexity index is 399. The van der Waals surface area contributed by atoms with Crippen LogP contribution in [-0.4, -0.2) is 19.1 Å². The van der Waals surface area contributed by atoms with Crippen LogP contribution in [0.2, 0.25) is 0 Å². The molecule has 0 aliphatic carbocycles. The van der Waals surface area contributed by atoms with Crippen molar-refractivity contribution >= 4 is 5.91 Å². The quantitative estimate of drug-likeness (QED) is 0.833. The Labute approximate surface area is 110 Å². The lowest BCUT2D eigenvalue weighted by Crippen LogP contribution is -2.37. The molecular weight excluding hydrogens is 226 g/mol. The van der Waals surface area contributed by atoms with Crippen LogP contribution in [0.15, 0.2) is 18.2 Å². The van der Waals surface area contributed by atoms with Gasteiger partial charge < -0.3 is 10.1 Å².